The van der Waals surface area contributed by atoms with Crippen LogP contribution >= 0.6 is 15.9 Å². The van der Waals surface area contributed by atoms with Gasteiger partial charge in [-0.2, -0.15) is 5.26 Å². The van der Waals surface area contributed by atoms with Gasteiger partial charge in [0.1, 0.15) is 5.56 Å². The van der Waals surface area contributed by atoms with Crippen LogP contribution in [0.15, 0.2) is 12.1 Å². The van der Waals surface area contributed by atoms with Crippen molar-refractivity contribution in [1.82, 2.24) is 0 Å². The van der Waals surface area contributed by atoms with Crippen LogP contribution in [0.1, 0.15) is 28.4 Å². The quantitative estimate of drug-likeness (QED) is 0.368. The number of rotatable bonds is 4. The predicted octanol–water partition coefficient (Wildman–Crippen LogP) is 2.54. The highest BCUT2D eigenvalue weighted by Gasteiger charge is 2.26. The summed E-state index contributed by atoms with van der Waals surface area (Å²) in [4.78, 5) is 22.0. The lowest BCUT2D eigenvalue weighted by Gasteiger charge is -2.07. The third kappa shape index (κ3) is 2.84. The van der Waals surface area contributed by atoms with Gasteiger partial charge in [-0.05, 0) is 18.6 Å². The third-order valence-corrected chi connectivity index (χ3v) is 2.75. The fourth-order valence-electron chi connectivity index (χ4n) is 1.44. The van der Waals surface area contributed by atoms with E-state index in [0.29, 0.717) is 5.56 Å². The molecule has 18 heavy (non-hydrogen) atoms. The Kier molecular flexibility index (Phi) is 4.80. The Labute approximate surface area is 111 Å². The highest BCUT2D eigenvalue weighted by Crippen LogP contribution is 2.27. The Morgan fingerprint density at radius 3 is 2.72 bits per heavy atom. The summed E-state index contributed by atoms with van der Waals surface area (Å²) < 4.78 is 4.79. The highest BCUT2D eigenvalue weighted by molar-refractivity contribution is 9.08. The normalized spacial score (nSPS) is 9.61. The molecule has 0 aliphatic carbocycles. The molecule has 1 aromatic carbocycles. The number of hydrogen-bond donors (Lipinski definition) is 0. The van der Waals surface area contributed by atoms with Crippen molar-refractivity contribution in [3.05, 3.63) is 38.9 Å². The standard InChI is InChI=1S/C11H9BrN2O4/c1-2-18-11(15)10-8(5-12)3-7(6-13)4-9(10)14(16)17/h3-4H,2,5H2,1H3. The molecule has 0 saturated carbocycles. The predicted molar refractivity (Wildman–Crippen MR) is 66.4 cm³/mol. The van der Waals surface area contributed by atoms with Crippen molar-refractivity contribution in [2.45, 2.75) is 12.3 Å². The van der Waals surface area contributed by atoms with Crippen LogP contribution in [0.4, 0.5) is 5.69 Å². The maximum atomic E-state index is 11.7. The second-order valence-electron chi connectivity index (χ2n) is 3.25. The monoisotopic (exact) mass is 312 g/mol. The zero-order valence-electron chi connectivity index (χ0n) is 9.47. The molecule has 0 aliphatic rings. The van der Waals surface area contributed by atoms with Crippen molar-refractivity contribution in [1.29, 1.82) is 5.26 Å². The first-order valence-electron chi connectivity index (χ1n) is 4.99. The molecule has 0 atom stereocenters. The number of carbonyl (C=O) groups excluding carboxylic acids is 1. The number of nitrogens with zero attached hydrogens (tertiary/aromatic N) is 2. The molecule has 6 nitrogen and oxygen atoms in total. The maximum absolute atomic E-state index is 11.7. The van der Waals surface area contributed by atoms with E-state index in [2.05, 4.69) is 15.9 Å². The number of hydrogen-bond acceptors (Lipinski definition) is 5. The topological polar surface area (TPSA) is 93.2 Å². The van der Waals surface area contributed by atoms with E-state index < -0.39 is 16.6 Å². The van der Waals surface area contributed by atoms with Gasteiger partial charge >= 0.3 is 5.97 Å². The Morgan fingerprint density at radius 2 is 2.28 bits per heavy atom. The van der Waals surface area contributed by atoms with Gasteiger partial charge in [-0.1, -0.05) is 15.9 Å². The number of ether oxygens (including phenoxy) is 1. The van der Waals surface area contributed by atoms with Gasteiger partial charge in [-0.25, -0.2) is 4.79 Å². The number of nitro groups is 1. The van der Waals surface area contributed by atoms with Crippen molar-refractivity contribution < 1.29 is 14.5 Å². The van der Waals surface area contributed by atoms with Crippen molar-refractivity contribution in [2.24, 2.45) is 0 Å². The molecule has 1 aromatic rings. The van der Waals surface area contributed by atoms with Crippen LogP contribution in [0, 0.1) is 21.4 Å². The van der Waals surface area contributed by atoms with Crippen molar-refractivity contribution in [3.63, 3.8) is 0 Å². The van der Waals surface area contributed by atoms with E-state index in [1.807, 2.05) is 6.07 Å². The summed E-state index contributed by atoms with van der Waals surface area (Å²) in [5.74, 6) is -0.761. The number of carbonyl (C=O) groups is 1. The summed E-state index contributed by atoms with van der Waals surface area (Å²) in [5.41, 5.74) is -0.0388. The van der Waals surface area contributed by atoms with Gasteiger partial charge in [-0.3, -0.25) is 10.1 Å². The van der Waals surface area contributed by atoms with Gasteiger partial charge in [0.05, 0.1) is 23.2 Å². The zero-order chi connectivity index (χ0) is 13.7. The second-order valence-corrected chi connectivity index (χ2v) is 3.81. The molecule has 0 fully saturated rings. The first-order valence-corrected chi connectivity index (χ1v) is 6.11. The van der Waals surface area contributed by atoms with E-state index in [9.17, 15) is 14.9 Å². The van der Waals surface area contributed by atoms with Crippen LogP contribution in [0.5, 0.6) is 0 Å². The molecule has 0 aromatic heterocycles. The van der Waals surface area contributed by atoms with Crippen LogP contribution in [0.25, 0.3) is 0 Å². The molecule has 7 heteroatoms. The van der Waals surface area contributed by atoms with Gasteiger partial charge < -0.3 is 4.74 Å². The number of esters is 1. The van der Waals surface area contributed by atoms with E-state index >= 15 is 0 Å². The van der Waals surface area contributed by atoms with Crippen LogP contribution in [-0.2, 0) is 10.1 Å². The first kappa shape index (κ1) is 14.1. The Morgan fingerprint density at radius 1 is 1.61 bits per heavy atom. The fraction of sp³-hybridized carbons (Fsp3) is 0.273. The number of nitriles is 1. The summed E-state index contributed by atoms with van der Waals surface area (Å²) >= 11 is 3.13. The molecule has 0 unspecified atom stereocenters. The summed E-state index contributed by atoms with van der Waals surface area (Å²) in [6.45, 7) is 1.74. The zero-order valence-corrected chi connectivity index (χ0v) is 11.1. The smallest absolute Gasteiger partial charge is 0.345 e. The van der Waals surface area contributed by atoms with E-state index in [1.54, 1.807) is 6.92 Å². The van der Waals surface area contributed by atoms with E-state index in [0.717, 1.165) is 6.07 Å². The van der Waals surface area contributed by atoms with Gasteiger partial charge in [0, 0.05) is 11.4 Å². The summed E-state index contributed by atoms with van der Waals surface area (Å²) in [6, 6.07) is 4.31. The minimum absolute atomic E-state index is 0.113. The number of benzene rings is 1. The first-order chi connectivity index (χ1) is 8.54. The average molecular weight is 313 g/mol. The highest BCUT2D eigenvalue weighted by atomic mass is 79.9. The molecular formula is C11H9BrN2O4. The van der Waals surface area contributed by atoms with Crippen molar-refractivity contribution in [3.8, 4) is 6.07 Å². The SMILES string of the molecule is CCOC(=O)c1c(CBr)cc(C#N)cc1[N+](=O)[O-]. The van der Waals surface area contributed by atoms with Gasteiger partial charge in [0.25, 0.3) is 5.69 Å². The van der Waals surface area contributed by atoms with Gasteiger partial charge in [0.2, 0.25) is 0 Å². The molecule has 1 rings (SSSR count). The molecular weight excluding hydrogens is 304 g/mol. The molecule has 94 valence electrons. The minimum atomic E-state index is -0.761. The van der Waals surface area contributed by atoms with Crippen molar-refractivity contribution in [2.75, 3.05) is 6.61 Å². The van der Waals surface area contributed by atoms with E-state index in [4.69, 9.17) is 10.00 Å². The van der Waals surface area contributed by atoms with Crippen LogP contribution in [-0.4, -0.2) is 17.5 Å². The minimum Gasteiger partial charge on any atom is -0.462 e. The lowest BCUT2D eigenvalue weighted by Crippen LogP contribution is -2.11. The largest absolute Gasteiger partial charge is 0.462 e. The summed E-state index contributed by atoms with van der Waals surface area (Å²) in [5, 5.41) is 20.0. The molecule has 0 saturated heterocycles. The van der Waals surface area contributed by atoms with Crippen molar-refractivity contribution >= 4 is 27.6 Å². The fourth-order valence-corrected chi connectivity index (χ4v) is 1.88. The lowest BCUT2D eigenvalue weighted by molar-refractivity contribution is -0.385. The Balaban J connectivity index is 3.50. The molecule has 0 aliphatic heterocycles. The number of halogens is 1. The maximum Gasteiger partial charge on any atom is 0.345 e. The third-order valence-electron chi connectivity index (χ3n) is 2.15. The van der Waals surface area contributed by atoms with Crippen LogP contribution < -0.4 is 0 Å². The lowest BCUT2D eigenvalue weighted by atomic mass is 10.0. The molecule has 0 heterocycles. The average Bonchev–Trinajstić information content (AvgIpc) is 2.37. The summed E-state index contributed by atoms with van der Waals surface area (Å²) in [6.07, 6.45) is 0. The molecule has 0 radical (unpaired) electrons. The van der Waals surface area contributed by atoms with Gasteiger partial charge in [-0.15, -0.1) is 0 Å². The second kappa shape index (κ2) is 6.12. The molecule has 0 N–H and O–H groups in total. The van der Waals surface area contributed by atoms with Crippen LogP contribution in [0.3, 0.4) is 0 Å². The Bertz CT molecular complexity index is 537. The number of nitro benzene ring substituents is 1. The summed E-state index contributed by atoms with van der Waals surface area (Å²) in [7, 11) is 0. The number of alkyl halides is 1. The Hall–Kier alpha value is -1.94. The molecule has 0 amide bonds. The molecule has 0 bridgehead atoms. The van der Waals surface area contributed by atoms with Gasteiger partial charge in [0.15, 0.2) is 0 Å². The van der Waals surface area contributed by atoms with E-state index in [-0.39, 0.29) is 23.1 Å². The van der Waals surface area contributed by atoms with Crippen LogP contribution in [0.2, 0.25) is 0 Å². The molecule has 0 spiro atoms. The van der Waals surface area contributed by atoms with E-state index in [1.165, 1.54) is 6.07 Å².